The van der Waals surface area contributed by atoms with Crippen molar-refractivity contribution in [2.24, 2.45) is 0 Å². The first-order chi connectivity index (χ1) is 18.2. The van der Waals surface area contributed by atoms with Crippen LogP contribution < -0.4 is 10.5 Å². The SMILES string of the molecule is O=c1c(-c2cccc(F)c2)c(N2CCN(S(=O)(=O)Cc3ccccc3)CC2)cnn1-c1cc(F)cc(F)c1. The molecule has 1 aliphatic heterocycles. The molecule has 0 bridgehead atoms. The van der Waals surface area contributed by atoms with Gasteiger partial charge in [0.2, 0.25) is 10.0 Å². The normalized spacial score (nSPS) is 14.6. The van der Waals surface area contributed by atoms with Crippen LogP contribution in [-0.2, 0) is 15.8 Å². The summed E-state index contributed by atoms with van der Waals surface area (Å²) < 4.78 is 70.1. The van der Waals surface area contributed by atoms with E-state index in [1.165, 1.54) is 28.7 Å². The lowest BCUT2D eigenvalue weighted by Gasteiger charge is -2.36. The van der Waals surface area contributed by atoms with Crippen LogP contribution in [0, 0.1) is 17.5 Å². The number of sulfonamides is 1. The van der Waals surface area contributed by atoms with Gasteiger partial charge in [0.1, 0.15) is 17.5 Å². The lowest BCUT2D eigenvalue weighted by atomic mass is 10.0. The number of anilines is 1. The molecule has 0 saturated carbocycles. The minimum atomic E-state index is -3.56. The Balaban J connectivity index is 1.48. The summed E-state index contributed by atoms with van der Waals surface area (Å²) in [6, 6.07) is 17.0. The molecule has 38 heavy (non-hydrogen) atoms. The van der Waals surface area contributed by atoms with Gasteiger partial charge < -0.3 is 4.90 Å². The third-order valence-corrected chi connectivity index (χ3v) is 8.18. The van der Waals surface area contributed by atoms with Crippen LogP contribution in [0.2, 0.25) is 0 Å². The van der Waals surface area contributed by atoms with Gasteiger partial charge in [0.25, 0.3) is 5.56 Å². The van der Waals surface area contributed by atoms with E-state index in [-0.39, 0.29) is 48.7 Å². The number of aromatic nitrogens is 2. The van der Waals surface area contributed by atoms with E-state index in [1.807, 2.05) is 6.07 Å². The van der Waals surface area contributed by atoms with E-state index in [0.29, 0.717) is 17.3 Å². The van der Waals surface area contributed by atoms with Crippen molar-refractivity contribution in [1.29, 1.82) is 0 Å². The first kappa shape index (κ1) is 25.7. The van der Waals surface area contributed by atoms with E-state index in [1.54, 1.807) is 35.2 Å². The summed E-state index contributed by atoms with van der Waals surface area (Å²) in [6.07, 6.45) is 1.37. The first-order valence-electron chi connectivity index (χ1n) is 11.8. The van der Waals surface area contributed by atoms with Crippen molar-refractivity contribution >= 4 is 15.7 Å². The second-order valence-electron chi connectivity index (χ2n) is 8.89. The van der Waals surface area contributed by atoms with Crippen molar-refractivity contribution in [3.8, 4) is 16.8 Å². The Labute approximate surface area is 217 Å². The average Bonchev–Trinajstić information content (AvgIpc) is 2.88. The van der Waals surface area contributed by atoms with Crippen LogP contribution in [-0.4, -0.2) is 48.7 Å². The van der Waals surface area contributed by atoms with Crippen LogP contribution in [0.5, 0.6) is 0 Å². The number of nitrogens with zero attached hydrogens (tertiary/aromatic N) is 4. The fourth-order valence-electron chi connectivity index (χ4n) is 4.53. The van der Waals surface area contributed by atoms with Crippen molar-refractivity contribution < 1.29 is 21.6 Å². The number of rotatable bonds is 6. The highest BCUT2D eigenvalue weighted by Gasteiger charge is 2.29. The smallest absolute Gasteiger partial charge is 0.281 e. The lowest BCUT2D eigenvalue weighted by molar-refractivity contribution is 0.384. The molecular weight excluding hydrogens is 517 g/mol. The van der Waals surface area contributed by atoms with Gasteiger partial charge in [0.05, 0.1) is 28.9 Å². The number of hydrogen-bond donors (Lipinski definition) is 0. The molecule has 1 saturated heterocycles. The summed E-state index contributed by atoms with van der Waals surface area (Å²) in [5.74, 6) is -2.44. The van der Waals surface area contributed by atoms with Gasteiger partial charge in [-0.15, -0.1) is 0 Å². The molecule has 11 heteroatoms. The number of hydrogen-bond acceptors (Lipinski definition) is 5. The first-order valence-corrected chi connectivity index (χ1v) is 13.4. The van der Waals surface area contributed by atoms with Crippen molar-refractivity contribution in [2.75, 3.05) is 31.1 Å². The van der Waals surface area contributed by atoms with Gasteiger partial charge in [-0.05, 0) is 35.4 Å². The van der Waals surface area contributed by atoms with Gasteiger partial charge >= 0.3 is 0 Å². The molecular formula is C27H23F3N4O3S. The van der Waals surface area contributed by atoms with Crippen LogP contribution in [0.25, 0.3) is 16.8 Å². The molecule has 0 atom stereocenters. The molecule has 0 spiro atoms. The summed E-state index contributed by atoms with van der Waals surface area (Å²) in [7, 11) is -3.56. The van der Waals surface area contributed by atoms with Gasteiger partial charge in [0, 0.05) is 32.2 Å². The Hall–Kier alpha value is -3.96. The average molecular weight is 541 g/mol. The Bertz CT molecular complexity index is 1620. The van der Waals surface area contributed by atoms with Crippen LogP contribution in [0.3, 0.4) is 0 Å². The molecule has 0 amide bonds. The zero-order valence-corrected chi connectivity index (χ0v) is 20.9. The van der Waals surface area contributed by atoms with Gasteiger partial charge in [-0.2, -0.15) is 14.1 Å². The van der Waals surface area contributed by atoms with Crippen LogP contribution >= 0.6 is 0 Å². The van der Waals surface area contributed by atoms with Gasteiger partial charge in [-0.25, -0.2) is 21.6 Å². The Kier molecular flexibility index (Phi) is 7.04. The van der Waals surface area contributed by atoms with Gasteiger partial charge in [-0.3, -0.25) is 4.79 Å². The molecule has 0 aliphatic carbocycles. The molecule has 4 aromatic rings. The fraction of sp³-hybridized carbons (Fsp3) is 0.185. The summed E-state index contributed by atoms with van der Waals surface area (Å²) in [5, 5.41) is 4.14. The van der Waals surface area contributed by atoms with E-state index in [4.69, 9.17) is 0 Å². The molecule has 0 N–H and O–H groups in total. The van der Waals surface area contributed by atoms with Gasteiger partial charge in [0.15, 0.2) is 0 Å². The van der Waals surface area contributed by atoms with E-state index in [9.17, 15) is 26.4 Å². The number of halogens is 3. The molecule has 1 fully saturated rings. The largest absolute Gasteiger partial charge is 0.367 e. The molecule has 1 aliphatic rings. The highest BCUT2D eigenvalue weighted by molar-refractivity contribution is 7.88. The van der Waals surface area contributed by atoms with E-state index in [0.717, 1.165) is 16.8 Å². The van der Waals surface area contributed by atoms with Gasteiger partial charge in [-0.1, -0.05) is 42.5 Å². The molecule has 1 aromatic heterocycles. The molecule has 0 unspecified atom stereocenters. The summed E-state index contributed by atoms with van der Waals surface area (Å²) in [4.78, 5) is 15.4. The third kappa shape index (κ3) is 5.34. The van der Waals surface area contributed by atoms with Crippen LogP contribution in [0.4, 0.5) is 18.9 Å². The summed E-state index contributed by atoms with van der Waals surface area (Å²) in [6.45, 7) is 0.873. The predicted octanol–water partition coefficient (Wildman–Crippen LogP) is 3.97. The maximum atomic E-state index is 14.1. The molecule has 0 radical (unpaired) electrons. The molecule has 196 valence electrons. The quantitative estimate of drug-likeness (QED) is 0.370. The second-order valence-corrected chi connectivity index (χ2v) is 10.9. The molecule has 5 rings (SSSR count). The van der Waals surface area contributed by atoms with Crippen LogP contribution in [0.15, 0.2) is 83.8 Å². The molecule has 3 aromatic carbocycles. The van der Waals surface area contributed by atoms with E-state index >= 15 is 0 Å². The maximum absolute atomic E-state index is 14.1. The Morgan fingerprint density at radius 3 is 2.13 bits per heavy atom. The van der Waals surface area contributed by atoms with Crippen LogP contribution in [0.1, 0.15) is 5.56 Å². The zero-order valence-electron chi connectivity index (χ0n) is 20.1. The highest BCUT2D eigenvalue weighted by Crippen LogP contribution is 2.29. The Morgan fingerprint density at radius 1 is 0.789 bits per heavy atom. The zero-order chi connectivity index (χ0) is 26.9. The molecule has 7 nitrogen and oxygen atoms in total. The minimum absolute atomic E-state index is 0.0877. The number of benzene rings is 3. The Morgan fingerprint density at radius 2 is 1.47 bits per heavy atom. The van der Waals surface area contributed by atoms with Crippen molar-refractivity contribution in [1.82, 2.24) is 14.1 Å². The predicted molar refractivity (Wildman–Crippen MR) is 138 cm³/mol. The van der Waals surface area contributed by atoms with Crippen molar-refractivity contribution in [3.05, 3.63) is 112 Å². The topological polar surface area (TPSA) is 75.5 Å². The van der Waals surface area contributed by atoms with Crippen molar-refractivity contribution in [2.45, 2.75) is 5.75 Å². The molecule has 2 heterocycles. The fourth-order valence-corrected chi connectivity index (χ4v) is 6.04. The standard InChI is InChI=1S/C27H23F3N4O3S/c28-21-8-4-7-20(13-21)26-25(17-31-34(27(26)35)24-15-22(29)14-23(30)16-24)32-9-11-33(12-10-32)38(36,37)18-19-5-2-1-3-6-19/h1-8,13-17H,9-12,18H2. The van der Waals surface area contributed by atoms with E-state index < -0.39 is 33.0 Å². The maximum Gasteiger partial charge on any atom is 0.281 e. The number of piperazine rings is 1. The minimum Gasteiger partial charge on any atom is -0.367 e. The second kappa shape index (κ2) is 10.4. The third-order valence-electron chi connectivity index (χ3n) is 6.33. The van der Waals surface area contributed by atoms with E-state index in [2.05, 4.69) is 5.10 Å². The van der Waals surface area contributed by atoms with Crippen molar-refractivity contribution in [3.63, 3.8) is 0 Å². The summed E-state index contributed by atoms with van der Waals surface area (Å²) >= 11 is 0. The summed E-state index contributed by atoms with van der Waals surface area (Å²) in [5.41, 5.74) is 0.589. The lowest BCUT2D eigenvalue weighted by Crippen LogP contribution is -2.49. The highest BCUT2D eigenvalue weighted by atomic mass is 32.2. The monoisotopic (exact) mass is 540 g/mol.